The van der Waals surface area contributed by atoms with Gasteiger partial charge in [-0.05, 0) is 49.2 Å². The Hall–Kier alpha value is -2.96. The molecule has 1 N–H and O–H groups in total. The van der Waals surface area contributed by atoms with Crippen LogP contribution in [0.4, 0.5) is 4.39 Å². The number of nitrogens with zero attached hydrogens (tertiary/aromatic N) is 3. The van der Waals surface area contributed by atoms with Gasteiger partial charge in [0.2, 0.25) is 5.91 Å². The second kappa shape index (κ2) is 7.34. The van der Waals surface area contributed by atoms with Crippen LogP contribution in [0.15, 0.2) is 47.4 Å². The average molecular weight is 368 g/mol. The van der Waals surface area contributed by atoms with E-state index in [4.69, 9.17) is 0 Å². The van der Waals surface area contributed by atoms with Gasteiger partial charge in [0.1, 0.15) is 12.4 Å². The van der Waals surface area contributed by atoms with E-state index >= 15 is 0 Å². The van der Waals surface area contributed by atoms with Crippen LogP contribution >= 0.6 is 0 Å². The zero-order valence-corrected chi connectivity index (χ0v) is 14.9. The fourth-order valence-corrected chi connectivity index (χ4v) is 3.73. The molecule has 3 aromatic rings. The molecule has 1 aliphatic carbocycles. The van der Waals surface area contributed by atoms with Crippen LogP contribution in [0.3, 0.4) is 0 Å². The average Bonchev–Trinajstić information content (AvgIpc) is 2.95. The van der Waals surface area contributed by atoms with Gasteiger partial charge in [-0.2, -0.15) is 0 Å². The van der Waals surface area contributed by atoms with E-state index in [1.165, 1.54) is 39.8 Å². The number of rotatable bonds is 4. The third-order valence-corrected chi connectivity index (χ3v) is 5.05. The van der Waals surface area contributed by atoms with E-state index in [1.54, 1.807) is 18.3 Å². The lowest BCUT2D eigenvalue weighted by molar-refractivity contribution is -0.122. The van der Waals surface area contributed by atoms with Crippen LogP contribution in [0.1, 0.15) is 32.1 Å². The summed E-state index contributed by atoms with van der Waals surface area (Å²) < 4.78 is 16.1. The molecule has 27 heavy (non-hydrogen) atoms. The van der Waals surface area contributed by atoms with Crippen molar-refractivity contribution in [2.24, 2.45) is 0 Å². The molecule has 7 heteroatoms. The summed E-state index contributed by atoms with van der Waals surface area (Å²) >= 11 is 0. The van der Waals surface area contributed by atoms with Crippen molar-refractivity contribution in [3.8, 4) is 5.69 Å². The van der Waals surface area contributed by atoms with Crippen LogP contribution in [0.25, 0.3) is 16.9 Å². The number of amides is 1. The predicted molar refractivity (Wildman–Crippen MR) is 100 cm³/mol. The first-order valence-electron chi connectivity index (χ1n) is 9.25. The third kappa shape index (κ3) is 3.49. The Morgan fingerprint density at radius 1 is 1.15 bits per heavy atom. The normalized spacial score (nSPS) is 15.1. The Morgan fingerprint density at radius 2 is 1.89 bits per heavy atom. The number of halogens is 1. The number of fused-ring (bicyclic) bond motifs is 1. The molecule has 140 valence electrons. The fourth-order valence-electron chi connectivity index (χ4n) is 3.73. The van der Waals surface area contributed by atoms with Crippen molar-refractivity contribution < 1.29 is 9.18 Å². The van der Waals surface area contributed by atoms with Crippen LogP contribution in [0.2, 0.25) is 0 Å². The molecule has 1 aliphatic rings. The first-order valence-corrected chi connectivity index (χ1v) is 9.25. The van der Waals surface area contributed by atoms with E-state index < -0.39 is 0 Å². The molecule has 0 unspecified atom stereocenters. The van der Waals surface area contributed by atoms with E-state index in [9.17, 15) is 14.0 Å². The molecule has 0 aliphatic heterocycles. The highest BCUT2D eigenvalue weighted by molar-refractivity contribution is 5.80. The molecule has 0 spiro atoms. The van der Waals surface area contributed by atoms with Crippen molar-refractivity contribution in [3.63, 3.8) is 0 Å². The maximum atomic E-state index is 13.3. The van der Waals surface area contributed by atoms with E-state index in [0.717, 1.165) is 25.7 Å². The SMILES string of the molecule is O=C(Cn1c(=O)n(-c2ccc(F)cc2)c2ncccc21)NC1CCCCC1. The van der Waals surface area contributed by atoms with Crippen LogP contribution in [0, 0.1) is 5.82 Å². The maximum absolute atomic E-state index is 13.3. The minimum atomic E-state index is -0.379. The largest absolute Gasteiger partial charge is 0.352 e. The topological polar surface area (TPSA) is 68.9 Å². The lowest BCUT2D eigenvalue weighted by Crippen LogP contribution is -2.39. The molecule has 1 amide bonds. The lowest BCUT2D eigenvalue weighted by atomic mass is 9.95. The molecule has 1 saturated carbocycles. The smallest absolute Gasteiger partial charge is 0.335 e. The molecule has 0 bridgehead atoms. The second-order valence-corrected chi connectivity index (χ2v) is 6.93. The van der Waals surface area contributed by atoms with Crippen LogP contribution in [-0.4, -0.2) is 26.1 Å². The first-order chi connectivity index (χ1) is 13.1. The Bertz CT molecular complexity index is 1020. The number of pyridine rings is 1. The summed E-state index contributed by atoms with van der Waals surface area (Å²) in [5, 5.41) is 3.04. The van der Waals surface area contributed by atoms with Crippen molar-refractivity contribution in [2.45, 2.75) is 44.7 Å². The van der Waals surface area contributed by atoms with E-state index in [0.29, 0.717) is 16.9 Å². The Labute approximate surface area is 155 Å². The van der Waals surface area contributed by atoms with Crippen molar-refractivity contribution in [2.75, 3.05) is 0 Å². The van der Waals surface area contributed by atoms with Gasteiger partial charge in [0.05, 0.1) is 11.2 Å². The van der Waals surface area contributed by atoms with Crippen molar-refractivity contribution in [1.82, 2.24) is 19.4 Å². The highest BCUT2D eigenvalue weighted by Crippen LogP contribution is 2.18. The summed E-state index contributed by atoms with van der Waals surface area (Å²) in [5.41, 5.74) is 1.16. The molecule has 2 heterocycles. The van der Waals surface area contributed by atoms with Crippen molar-refractivity contribution in [3.05, 3.63) is 58.9 Å². The van der Waals surface area contributed by atoms with Gasteiger partial charge in [-0.3, -0.25) is 9.36 Å². The minimum absolute atomic E-state index is 0.0638. The first kappa shape index (κ1) is 17.5. The highest BCUT2D eigenvalue weighted by atomic mass is 19.1. The van der Waals surface area contributed by atoms with Crippen LogP contribution in [0.5, 0.6) is 0 Å². The van der Waals surface area contributed by atoms with Gasteiger partial charge in [0.25, 0.3) is 0 Å². The number of nitrogens with one attached hydrogen (secondary N) is 1. The van der Waals surface area contributed by atoms with Gasteiger partial charge >= 0.3 is 5.69 Å². The van der Waals surface area contributed by atoms with Crippen molar-refractivity contribution in [1.29, 1.82) is 0 Å². The number of benzene rings is 1. The van der Waals surface area contributed by atoms with Crippen molar-refractivity contribution >= 4 is 17.1 Å². The quantitative estimate of drug-likeness (QED) is 0.770. The van der Waals surface area contributed by atoms with Gasteiger partial charge in [-0.1, -0.05) is 19.3 Å². The van der Waals surface area contributed by atoms with E-state index in [-0.39, 0.29) is 30.0 Å². The predicted octanol–water partition coefficient (Wildman–Crippen LogP) is 2.78. The Morgan fingerprint density at radius 3 is 2.63 bits per heavy atom. The number of imidazole rings is 1. The number of aromatic nitrogens is 3. The zero-order chi connectivity index (χ0) is 18.8. The lowest BCUT2D eigenvalue weighted by Gasteiger charge is -2.22. The van der Waals surface area contributed by atoms with Crippen LogP contribution < -0.4 is 11.0 Å². The maximum Gasteiger partial charge on any atom is 0.335 e. The Kier molecular flexibility index (Phi) is 4.75. The standard InChI is InChI=1S/C20H21FN4O2/c21-14-8-10-16(11-9-14)25-19-17(7-4-12-22-19)24(20(25)27)13-18(26)23-15-5-2-1-3-6-15/h4,7-12,15H,1-3,5-6,13H2,(H,23,26). The molecule has 4 rings (SSSR count). The van der Waals surface area contributed by atoms with Gasteiger partial charge in [0, 0.05) is 12.2 Å². The monoisotopic (exact) mass is 368 g/mol. The fraction of sp³-hybridized carbons (Fsp3) is 0.350. The minimum Gasteiger partial charge on any atom is -0.352 e. The molecule has 6 nitrogen and oxygen atoms in total. The molecule has 1 aromatic carbocycles. The zero-order valence-electron chi connectivity index (χ0n) is 14.9. The summed E-state index contributed by atoms with van der Waals surface area (Å²) in [6, 6.07) is 9.32. The molecule has 1 fully saturated rings. The molecular weight excluding hydrogens is 347 g/mol. The number of carbonyl (C=O) groups is 1. The van der Waals surface area contributed by atoms with Gasteiger partial charge in [0.15, 0.2) is 5.65 Å². The van der Waals surface area contributed by atoms with Crippen LogP contribution in [-0.2, 0) is 11.3 Å². The summed E-state index contributed by atoms with van der Waals surface area (Å²) in [7, 11) is 0. The number of hydrogen-bond acceptors (Lipinski definition) is 3. The second-order valence-electron chi connectivity index (χ2n) is 6.93. The van der Waals surface area contributed by atoms with Gasteiger partial charge in [-0.15, -0.1) is 0 Å². The highest BCUT2D eigenvalue weighted by Gasteiger charge is 2.20. The Balaban J connectivity index is 1.68. The summed E-state index contributed by atoms with van der Waals surface area (Å²) in [4.78, 5) is 29.8. The number of hydrogen-bond donors (Lipinski definition) is 1. The summed E-state index contributed by atoms with van der Waals surface area (Å²) in [6.07, 6.45) is 7.02. The third-order valence-electron chi connectivity index (χ3n) is 5.05. The molecule has 2 aromatic heterocycles. The molecule has 0 radical (unpaired) electrons. The molecule has 0 saturated heterocycles. The van der Waals surface area contributed by atoms with E-state index in [1.807, 2.05) is 0 Å². The molecular formula is C20H21FN4O2. The molecule has 0 atom stereocenters. The van der Waals surface area contributed by atoms with Gasteiger partial charge < -0.3 is 5.32 Å². The summed E-state index contributed by atoms with van der Waals surface area (Å²) in [6.45, 7) is -0.0638. The number of carbonyl (C=O) groups excluding carboxylic acids is 1. The van der Waals surface area contributed by atoms with Gasteiger partial charge in [-0.25, -0.2) is 18.7 Å². The summed E-state index contributed by atoms with van der Waals surface area (Å²) in [5.74, 6) is -0.554. The van der Waals surface area contributed by atoms with E-state index in [2.05, 4.69) is 10.3 Å².